The summed E-state index contributed by atoms with van der Waals surface area (Å²) in [5.41, 5.74) is -0.692. The zero-order valence-electron chi connectivity index (χ0n) is 15.5. The van der Waals surface area contributed by atoms with Crippen molar-refractivity contribution in [2.45, 2.75) is 38.1 Å². The van der Waals surface area contributed by atoms with Crippen LogP contribution in [0.5, 0.6) is 11.5 Å². The number of hydrogen-bond acceptors (Lipinski definition) is 4. The van der Waals surface area contributed by atoms with Gasteiger partial charge in [-0.15, -0.1) is 0 Å². The van der Waals surface area contributed by atoms with Crippen molar-refractivity contribution in [1.29, 1.82) is 0 Å². The Morgan fingerprint density at radius 2 is 1.83 bits per heavy atom. The molecule has 154 valence electrons. The summed E-state index contributed by atoms with van der Waals surface area (Å²) >= 11 is 5.81. The van der Waals surface area contributed by atoms with Gasteiger partial charge in [0.25, 0.3) is 0 Å². The summed E-state index contributed by atoms with van der Waals surface area (Å²) in [6.45, 7) is 1.80. The van der Waals surface area contributed by atoms with E-state index in [0.717, 1.165) is 6.07 Å². The lowest BCUT2D eigenvalue weighted by Crippen LogP contribution is -2.20. The fourth-order valence-corrected chi connectivity index (χ4v) is 3.19. The van der Waals surface area contributed by atoms with E-state index in [1.165, 1.54) is 29.5 Å². The van der Waals surface area contributed by atoms with Crippen molar-refractivity contribution in [3.05, 3.63) is 71.3 Å². The van der Waals surface area contributed by atoms with Crippen molar-refractivity contribution in [1.82, 2.24) is 14.8 Å². The van der Waals surface area contributed by atoms with Crippen LogP contribution < -0.4 is 4.74 Å². The second-order valence-electron chi connectivity index (χ2n) is 6.71. The Bertz CT molecular complexity index is 931. The number of benzene rings is 2. The molecule has 0 radical (unpaired) electrons. The molecule has 1 aromatic heterocycles. The maximum absolute atomic E-state index is 13.7. The fraction of sp³-hybridized carbons (Fsp3) is 0.300. The zero-order valence-corrected chi connectivity index (χ0v) is 16.2. The summed E-state index contributed by atoms with van der Waals surface area (Å²) < 4.78 is 48.0. The standard InChI is InChI=1S/C20H19ClF3N3O2/c1-13(8-15(28)10-27-12-25-11-26-27)18-7-6-17(9-19(18)20(22,23)24)29-16-4-2-14(21)3-5-16/h2-7,9,11-13,15,28H,8,10H2,1H3. The van der Waals surface area contributed by atoms with Crippen LogP contribution in [0, 0.1) is 0 Å². The third kappa shape index (κ3) is 5.71. The van der Waals surface area contributed by atoms with Crippen LogP contribution in [0.4, 0.5) is 13.2 Å². The first-order valence-corrected chi connectivity index (χ1v) is 9.25. The van der Waals surface area contributed by atoms with Gasteiger partial charge < -0.3 is 9.84 Å². The van der Waals surface area contributed by atoms with Crippen molar-refractivity contribution >= 4 is 11.6 Å². The number of aliphatic hydroxyl groups excluding tert-OH is 1. The molecule has 1 N–H and O–H groups in total. The number of alkyl halides is 3. The molecule has 2 atom stereocenters. The average molecular weight is 426 g/mol. The first kappa shape index (κ1) is 21.1. The average Bonchev–Trinajstić information content (AvgIpc) is 3.15. The highest BCUT2D eigenvalue weighted by molar-refractivity contribution is 6.30. The van der Waals surface area contributed by atoms with Crippen LogP contribution in [0.25, 0.3) is 0 Å². The summed E-state index contributed by atoms with van der Waals surface area (Å²) in [5.74, 6) is -0.0833. The van der Waals surface area contributed by atoms with Gasteiger partial charge in [0.2, 0.25) is 0 Å². The Labute approximate surface area is 170 Å². The molecule has 0 aliphatic heterocycles. The van der Waals surface area contributed by atoms with E-state index in [2.05, 4.69) is 10.1 Å². The third-order valence-electron chi connectivity index (χ3n) is 4.40. The number of ether oxygens (including phenoxy) is 1. The summed E-state index contributed by atoms with van der Waals surface area (Å²) in [7, 11) is 0. The van der Waals surface area contributed by atoms with Crippen LogP contribution in [0.2, 0.25) is 5.02 Å². The minimum absolute atomic E-state index is 0.0683. The van der Waals surface area contributed by atoms with Crippen molar-refractivity contribution in [2.24, 2.45) is 0 Å². The molecule has 0 aliphatic rings. The van der Waals surface area contributed by atoms with Crippen LogP contribution >= 0.6 is 11.6 Å². The van der Waals surface area contributed by atoms with E-state index in [4.69, 9.17) is 16.3 Å². The normalized spacial score (nSPS) is 13.9. The Morgan fingerprint density at radius 1 is 1.14 bits per heavy atom. The number of hydrogen-bond donors (Lipinski definition) is 1. The maximum atomic E-state index is 13.7. The van der Waals surface area contributed by atoms with Gasteiger partial charge >= 0.3 is 6.18 Å². The summed E-state index contributed by atoms with van der Waals surface area (Å²) in [4.78, 5) is 3.78. The molecule has 9 heteroatoms. The van der Waals surface area contributed by atoms with Gasteiger partial charge in [-0.2, -0.15) is 18.3 Å². The minimum atomic E-state index is -4.56. The SMILES string of the molecule is CC(CC(O)Cn1cncn1)c1ccc(Oc2ccc(Cl)cc2)cc1C(F)(F)F. The predicted molar refractivity (Wildman–Crippen MR) is 102 cm³/mol. The van der Waals surface area contributed by atoms with E-state index in [0.29, 0.717) is 10.8 Å². The number of aromatic nitrogens is 3. The Hall–Kier alpha value is -2.58. The second-order valence-corrected chi connectivity index (χ2v) is 7.15. The van der Waals surface area contributed by atoms with Crippen molar-refractivity contribution < 1.29 is 23.0 Å². The topological polar surface area (TPSA) is 60.2 Å². The Kier molecular flexibility index (Phi) is 6.44. The molecule has 0 aliphatic carbocycles. The van der Waals surface area contributed by atoms with E-state index in [9.17, 15) is 18.3 Å². The molecule has 0 saturated heterocycles. The number of halogens is 4. The molecule has 0 fully saturated rings. The molecular weight excluding hydrogens is 407 g/mol. The molecule has 3 aromatic rings. The monoisotopic (exact) mass is 425 g/mol. The summed E-state index contributed by atoms with van der Waals surface area (Å²) in [6, 6.07) is 10.2. The highest BCUT2D eigenvalue weighted by Crippen LogP contribution is 2.39. The predicted octanol–water partition coefficient (Wildman–Crippen LogP) is 5.30. The van der Waals surface area contributed by atoms with Crippen LogP contribution in [0.1, 0.15) is 30.4 Å². The quantitative estimate of drug-likeness (QED) is 0.558. The summed E-state index contributed by atoms with van der Waals surface area (Å²) in [5, 5.41) is 14.6. The number of nitrogens with zero attached hydrogens (tertiary/aromatic N) is 3. The van der Waals surface area contributed by atoms with Gasteiger partial charge in [-0.05, 0) is 54.3 Å². The van der Waals surface area contributed by atoms with Gasteiger partial charge in [-0.1, -0.05) is 24.6 Å². The lowest BCUT2D eigenvalue weighted by molar-refractivity contribution is -0.138. The van der Waals surface area contributed by atoms with Crippen LogP contribution in [-0.4, -0.2) is 26.0 Å². The van der Waals surface area contributed by atoms with Crippen LogP contribution in [0.3, 0.4) is 0 Å². The largest absolute Gasteiger partial charge is 0.457 e. The highest BCUT2D eigenvalue weighted by atomic mass is 35.5. The van der Waals surface area contributed by atoms with Gasteiger partial charge in [0.05, 0.1) is 18.2 Å². The molecule has 0 spiro atoms. The van der Waals surface area contributed by atoms with Crippen LogP contribution in [-0.2, 0) is 12.7 Å². The van der Waals surface area contributed by atoms with E-state index < -0.39 is 23.8 Å². The van der Waals surface area contributed by atoms with Gasteiger partial charge in [0.1, 0.15) is 24.2 Å². The number of rotatable bonds is 7. The van der Waals surface area contributed by atoms with E-state index in [1.807, 2.05) is 0 Å². The van der Waals surface area contributed by atoms with Gasteiger partial charge in [0.15, 0.2) is 0 Å². The van der Waals surface area contributed by atoms with Gasteiger partial charge in [-0.25, -0.2) is 4.98 Å². The molecule has 2 unspecified atom stereocenters. The van der Waals surface area contributed by atoms with E-state index in [-0.39, 0.29) is 24.3 Å². The molecule has 1 heterocycles. The molecule has 29 heavy (non-hydrogen) atoms. The first-order chi connectivity index (χ1) is 13.7. The number of aliphatic hydroxyl groups is 1. The smallest absolute Gasteiger partial charge is 0.416 e. The minimum Gasteiger partial charge on any atom is -0.457 e. The highest BCUT2D eigenvalue weighted by Gasteiger charge is 2.35. The van der Waals surface area contributed by atoms with Crippen molar-refractivity contribution in [3.63, 3.8) is 0 Å². The van der Waals surface area contributed by atoms with Crippen LogP contribution in [0.15, 0.2) is 55.1 Å². The summed E-state index contributed by atoms with van der Waals surface area (Å²) in [6.07, 6.45) is -2.51. The maximum Gasteiger partial charge on any atom is 0.416 e. The lowest BCUT2D eigenvalue weighted by atomic mass is 9.90. The van der Waals surface area contributed by atoms with E-state index >= 15 is 0 Å². The van der Waals surface area contributed by atoms with Gasteiger partial charge in [0, 0.05) is 5.02 Å². The third-order valence-corrected chi connectivity index (χ3v) is 4.65. The Morgan fingerprint density at radius 3 is 2.45 bits per heavy atom. The lowest BCUT2D eigenvalue weighted by Gasteiger charge is -2.21. The molecule has 3 rings (SSSR count). The molecule has 0 bridgehead atoms. The molecule has 2 aromatic carbocycles. The molecule has 5 nitrogen and oxygen atoms in total. The molecule has 0 saturated carbocycles. The Balaban J connectivity index is 1.79. The molecular formula is C20H19ClF3N3O2. The van der Waals surface area contributed by atoms with Gasteiger partial charge in [-0.3, -0.25) is 4.68 Å². The van der Waals surface area contributed by atoms with Crippen molar-refractivity contribution in [2.75, 3.05) is 0 Å². The zero-order chi connectivity index (χ0) is 21.0. The second kappa shape index (κ2) is 8.84. The van der Waals surface area contributed by atoms with Crippen molar-refractivity contribution in [3.8, 4) is 11.5 Å². The molecule has 0 amide bonds. The van der Waals surface area contributed by atoms with E-state index in [1.54, 1.807) is 31.2 Å². The first-order valence-electron chi connectivity index (χ1n) is 8.87. The fourth-order valence-electron chi connectivity index (χ4n) is 3.07.